The van der Waals surface area contributed by atoms with Crippen LogP contribution >= 0.6 is 7.14 Å². The Morgan fingerprint density at radius 1 is 0.408 bits per heavy atom. The SMILES string of the molecule is O=P(c1ccccc1)(c1ccccc1)c1cccc2c1oc1c(-c3ccc4c(c3)Oc3c(c5ccccc5c5ccccc35)O4)cccc12. The molecule has 1 aliphatic heterocycles. The minimum absolute atomic E-state index is 0.630. The molecular formula is C44H27O4P. The molecule has 0 spiro atoms. The minimum atomic E-state index is -3.28. The van der Waals surface area contributed by atoms with Crippen LogP contribution in [0, 0.1) is 0 Å². The molecule has 49 heavy (non-hydrogen) atoms. The molecule has 0 fully saturated rings. The molecule has 4 nitrogen and oxygen atoms in total. The molecule has 0 bridgehead atoms. The lowest BCUT2D eigenvalue weighted by Crippen LogP contribution is -2.25. The quantitative estimate of drug-likeness (QED) is 0.140. The normalized spacial score (nSPS) is 12.5. The summed E-state index contributed by atoms with van der Waals surface area (Å²) in [6, 6.07) is 54.1. The van der Waals surface area contributed by atoms with Crippen molar-refractivity contribution in [2.24, 2.45) is 0 Å². The van der Waals surface area contributed by atoms with E-state index in [9.17, 15) is 0 Å². The summed E-state index contributed by atoms with van der Waals surface area (Å²) in [5.74, 6) is 2.73. The van der Waals surface area contributed by atoms with Crippen LogP contribution in [0.4, 0.5) is 0 Å². The van der Waals surface area contributed by atoms with Crippen molar-refractivity contribution in [2.75, 3.05) is 0 Å². The third-order valence-electron chi connectivity index (χ3n) is 9.60. The van der Waals surface area contributed by atoms with Crippen molar-refractivity contribution in [2.45, 2.75) is 0 Å². The van der Waals surface area contributed by atoms with E-state index in [2.05, 4.69) is 48.5 Å². The van der Waals surface area contributed by atoms with Gasteiger partial charge in [0.2, 0.25) is 0 Å². The monoisotopic (exact) mass is 650 g/mol. The maximum atomic E-state index is 15.4. The van der Waals surface area contributed by atoms with Gasteiger partial charge in [-0.1, -0.05) is 146 Å². The van der Waals surface area contributed by atoms with Crippen LogP contribution in [0.25, 0.3) is 54.6 Å². The number of ether oxygens (including phenoxy) is 2. The average Bonchev–Trinajstić information content (AvgIpc) is 3.57. The molecule has 0 atom stereocenters. The van der Waals surface area contributed by atoms with Gasteiger partial charge in [0.15, 0.2) is 30.1 Å². The van der Waals surface area contributed by atoms with E-state index in [0.29, 0.717) is 28.1 Å². The molecule has 8 aromatic carbocycles. The highest BCUT2D eigenvalue weighted by Crippen LogP contribution is 2.54. The summed E-state index contributed by atoms with van der Waals surface area (Å²) >= 11 is 0. The molecule has 5 heteroatoms. The number of para-hydroxylation sites is 2. The number of fused-ring (bicyclic) bond motifs is 10. The molecule has 9 aromatic rings. The number of furan rings is 1. The van der Waals surface area contributed by atoms with Gasteiger partial charge in [-0.3, -0.25) is 0 Å². The predicted octanol–water partition coefficient (Wildman–Crippen LogP) is 11.1. The van der Waals surface area contributed by atoms with Crippen LogP contribution < -0.4 is 25.4 Å². The average molecular weight is 651 g/mol. The summed E-state index contributed by atoms with van der Waals surface area (Å²) < 4.78 is 35.5. The molecule has 2 heterocycles. The molecule has 10 rings (SSSR count). The molecule has 0 radical (unpaired) electrons. The van der Waals surface area contributed by atoms with Crippen molar-refractivity contribution in [1.29, 1.82) is 0 Å². The van der Waals surface area contributed by atoms with E-state index >= 15 is 4.57 Å². The van der Waals surface area contributed by atoms with Crippen LogP contribution in [-0.2, 0) is 4.57 Å². The van der Waals surface area contributed by atoms with Crippen LogP contribution in [0.1, 0.15) is 0 Å². The van der Waals surface area contributed by atoms with E-state index in [0.717, 1.165) is 65.4 Å². The summed E-state index contributed by atoms with van der Waals surface area (Å²) in [6.07, 6.45) is 0. The Balaban J connectivity index is 1.14. The molecule has 0 N–H and O–H groups in total. The second-order valence-corrected chi connectivity index (χ2v) is 15.1. The zero-order valence-electron chi connectivity index (χ0n) is 26.2. The first-order chi connectivity index (χ1) is 24.2. The van der Waals surface area contributed by atoms with E-state index in [-0.39, 0.29) is 0 Å². The molecule has 232 valence electrons. The van der Waals surface area contributed by atoms with Crippen molar-refractivity contribution in [3.63, 3.8) is 0 Å². The Bertz CT molecular complexity index is 2760. The highest BCUT2D eigenvalue weighted by Gasteiger charge is 2.33. The smallest absolute Gasteiger partial charge is 0.178 e. The Labute approximate surface area is 282 Å². The third-order valence-corrected chi connectivity index (χ3v) is 12.7. The lowest BCUT2D eigenvalue weighted by molar-refractivity contribution is 0.367. The Morgan fingerprint density at radius 3 is 1.55 bits per heavy atom. The number of benzene rings is 8. The lowest BCUT2D eigenvalue weighted by Gasteiger charge is -2.24. The molecule has 0 amide bonds. The van der Waals surface area contributed by atoms with E-state index in [1.54, 1.807) is 0 Å². The first kappa shape index (κ1) is 28.0. The van der Waals surface area contributed by atoms with Gasteiger partial charge in [0.25, 0.3) is 0 Å². The van der Waals surface area contributed by atoms with Crippen LogP contribution in [0.2, 0.25) is 0 Å². The van der Waals surface area contributed by atoms with Crippen molar-refractivity contribution in [1.82, 2.24) is 0 Å². The van der Waals surface area contributed by atoms with Gasteiger partial charge in [0.05, 0.1) is 5.30 Å². The van der Waals surface area contributed by atoms with E-state index in [1.807, 2.05) is 115 Å². The Hall–Kier alpha value is -6.09. The zero-order chi connectivity index (χ0) is 32.5. The Morgan fingerprint density at radius 2 is 0.918 bits per heavy atom. The summed E-state index contributed by atoms with van der Waals surface area (Å²) in [4.78, 5) is 0. The van der Waals surface area contributed by atoms with Gasteiger partial charge in [-0.05, 0) is 34.5 Å². The zero-order valence-corrected chi connectivity index (χ0v) is 27.1. The number of hydrogen-bond acceptors (Lipinski definition) is 4. The van der Waals surface area contributed by atoms with Gasteiger partial charge in [-0.25, -0.2) is 0 Å². The van der Waals surface area contributed by atoms with Crippen molar-refractivity contribution < 1.29 is 18.5 Å². The molecule has 1 aromatic heterocycles. The van der Waals surface area contributed by atoms with Crippen LogP contribution in [0.5, 0.6) is 23.0 Å². The van der Waals surface area contributed by atoms with Gasteiger partial charge in [-0.15, -0.1) is 0 Å². The van der Waals surface area contributed by atoms with Crippen LogP contribution in [0.15, 0.2) is 168 Å². The molecule has 0 saturated heterocycles. The van der Waals surface area contributed by atoms with Crippen LogP contribution in [-0.4, -0.2) is 0 Å². The second kappa shape index (κ2) is 10.7. The van der Waals surface area contributed by atoms with Crippen LogP contribution in [0.3, 0.4) is 0 Å². The summed E-state index contributed by atoms with van der Waals surface area (Å²) in [5, 5.41) is 8.35. The highest BCUT2D eigenvalue weighted by atomic mass is 31.2. The van der Waals surface area contributed by atoms with Crippen molar-refractivity contribution in [3.05, 3.63) is 164 Å². The molecule has 0 unspecified atom stereocenters. The maximum Gasteiger partial charge on any atom is 0.178 e. The predicted molar refractivity (Wildman–Crippen MR) is 200 cm³/mol. The first-order valence-electron chi connectivity index (χ1n) is 16.3. The third kappa shape index (κ3) is 4.14. The summed E-state index contributed by atoms with van der Waals surface area (Å²) in [6.45, 7) is 0. The van der Waals surface area contributed by atoms with Gasteiger partial charge < -0.3 is 18.5 Å². The summed E-state index contributed by atoms with van der Waals surface area (Å²) in [7, 11) is -3.28. The topological polar surface area (TPSA) is 48.7 Å². The molecular weight excluding hydrogens is 623 g/mol. The van der Waals surface area contributed by atoms with E-state index in [4.69, 9.17) is 13.9 Å². The summed E-state index contributed by atoms with van der Waals surface area (Å²) in [5.41, 5.74) is 3.20. The van der Waals surface area contributed by atoms with Gasteiger partial charge in [-0.2, -0.15) is 0 Å². The van der Waals surface area contributed by atoms with Gasteiger partial charge in [0, 0.05) is 37.7 Å². The maximum absolute atomic E-state index is 15.4. The van der Waals surface area contributed by atoms with E-state index < -0.39 is 7.14 Å². The fraction of sp³-hybridized carbons (Fsp3) is 0. The van der Waals surface area contributed by atoms with Crippen molar-refractivity contribution in [3.8, 4) is 34.1 Å². The number of hydrogen-bond donors (Lipinski definition) is 0. The fourth-order valence-electron chi connectivity index (χ4n) is 7.32. The van der Waals surface area contributed by atoms with Crippen molar-refractivity contribution >= 4 is 66.5 Å². The molecule has 1 aliphatic rings. The highest BCUT2D eigenvalue weighted by molar-refractivity contribution is 7.85. The van der Waals surface area contributed by atoms with Gasteiger partial charge in [0.1, 0.15) is 11.2 Å². The first-order valence-corrected chi connectivity index (χ1v) is 18.0. The number of rotatable bonds is 4. The lowest BCUT2D eigenvalue weighted by atomic mass is 9.99. The second-order valence-electron chi connectivity index (χ2n) is 12.3. The molecule has 0 saturated carbocycles. The largest absolute Gasteiger partial charge is 0.455 e. The molecule has 0 aliphatic carbocycles. The van der Waals surface area contributed by atoms with Gasteiger partial charge >= 0.3 is 0 Å². The standard InChI is InChI=1S/C44H27O4P/c45-49(29-13-3-1-4-14-29,30-15-5-2-6-16-30)40-24-12-23-37-36-22-11-21-31(41(36)48-42(37)40)28-25-26-38-39(27-28)47-44-35-20-10-8-18-33(35)32-17-7-9-19-34(32)43(44)46-38/h1-27H. The fourth-order valence-corrected chi connectivity index (χ4v) is 10.1. The Kier molecular flexibility index (Phi) is 6.12. The minimum Gasteiger partial charge on any atom is -0.455 e. The van der Waals surface area contributed by atoms with E-state index in [1.165, 1.54) is 0 Å².